The van der Waals surface area contributed by atoms with Crippen molar-refractivity contribution in [2.45, 2.75) is 0 Å². The number of anilines is 1. The highest BCUT2D eigenvalue weighted by atomic mass is 35.5. The average molecular weight is 374 g/mol. The van der Waals surface area contributed by atoms with Gasteiger partial charge in [0.1, 0.15) is 0 Å². The molecule has 0 radical (unpaired) electrons. The summed E-state index contributed by atoms with van der Waals surface area (Å²) in [5.74, 6) is -1.46. The maximum Gasteiger partial charge on any atom is 0.337 e. The molecule has 134 valence electrons. The summed E-state index contributed by atoms with van der Waals surface area (Å²) in [6, 6.07) is 5.76. The minimum Gasteiger partial charge on any atom is -0.465 e. The van der Waals surface area contributed by atoms with Crippen LogP contribution in [0.3, 0.4) is 0 Å². The van der Waals surface area contributed by atoms with Crippen molar-refractivity contribution in [1.82, 2.24) is 10.3 Å². The second kappa shape index (κ2) is 8.77. The minimum absolute atomic E-state index is 0.163. The van der Waals surface area contributed by atoms with E-state index in [9.17, 15) is 14.4 Å². The van der Waals surface area contributed by atoms with Crippen LogP contribution in [0.4, 0.5) is 5.69 Å². The van der Waals surface area contributed by atoms with E-state index in [2.05, 4.69) is 26.9 Å². The van der Waals surface area contributed by atoms with Gasteiger partial charge in [0.05, 0.1) is 34.5 Å². The van der Waals surface area contributed by atoms with Crippen LogP contribution in [-0.4, -0.2) is 36.4 Å². The van der Waals surface area contributed by atoms with E-state index in [-0.39, 0.29) is 33.3 Å². The van der Waals surface area contributed by atoms with Gasteiger partial charge < -0.3 is 15.4 Å². The average Bonchev–Trinajstić information content (AvgIpc) is 2.67. The van der Waals surface area contributed by atoms with Gasteiger partial charge in [-0.2, -0.15) is 0 Å². The van der Waals surface area contributed by atoms with Crippen molar-refractivity contribution in [3.05, 3.63) is 71.0 Å². The van der Waals surface area contributed by atoms with Crippen molar-refractivity contribution in [2.24, 2.45) is 0 Å². The topological polar surface area (TPSA) is 97.4 Å². The first-order valence-electron chi connectivity index (χ1n) is 7.49. The molecule has 0 atom stereocenters. The third-order valence-electron chi connectivity index (χ3n) is 3.31. The zero-order valence-electron chi connectivity index (χ0n) is 13.9. The molecule has 0 bridgehead atoms. The first kappa shape index (κ1) is 19.1. The molecule has 0 fully saturated rings. The number of nitrogens with zero attached hydrogens (tertiary/aromatic N) is 1. The van der Waals surface area contributed by atoms with Gasteiger partial charge >= 0.3 is 5.97 Å². The molecule has 0 spiro atoms. The van der Waals surface area contributed by atoms with Crippen LogP contribution in [0, 0.1) is 0 Å². The summed E-state index contributed by atoms with van der Waals surface area (Å²) in [5, 5.41) is 5.44. The van der Waals surface area contributed by atoms with Crippen molar-refractivity contribution < 1.29 is 19.1 Å². The molecule has 8 heteroatoms. The Bertz CT molecular complexity index is 867. The molecule has 0 unspecified atom stereocenters. The Balaban J connectivity index is 2.21. The number of nitrogens with one attached hydrogen (secondary N) is 2. The fourth-order valence-electron chi connectivity index (χ4n) is 2.02. The summed E-state index contributed by atoms with van der Waals surface area (Å²) in [6.45, 7) is 3.81. The molecular weight excluding hydrogens is 358 g/mol. The van der Waals surface area contributed by atoms with E-state index in [1.807, 2.05) is 0 Å². The van der Waals surface area contributed by atoms with E-state index in [0.29, 0.717) is 6.54 Å². The molecule has 0 aliphatic carbocycles. The van der Waals surface area contributed by atoms with Crippen molar-refractivity contribution in [3.63, 3.8) is 0 Å². The molecule has 2 amide bonds. The Morgan fingerprint density at radius 3 is 2.50 bits per heavy atom. The van der Waals surface area contributed by atoms with Gasteiger partial charge in [-0.15, -0.1) is 6.58 Å². The lowest BCUT2D eigenvalue weighted by atomic mass is 10.1. The summed E-state index contributed by atoms with van der Waals surface area (Å²) >= 11 is 6.06. The highest BCUT2D eigenvalue weighted by Crippen LogP contribution is 2.24. The summed E-state index contributed by atoms with van der Waals surface area (Å²) in [4.78, 5) is 39.9. The van der Waals surface area contributed by atoms with Crippen molar-refractivity contribution in [3.8, 4) is 0 Å². The lowest BCUT2D eigenvalue weighted by Crippen LogP contribution is -2.24. The van der Waals surface area contributed by atoms with Gasteiger partial charge in [0, 0.05) is 18.9 Å². The number of esters is 1. The number of hydrogen-bond donors (Lipinski definition) is 2. The Morgan fingerprint density at radius 2 is 1.85 bits per heavy atom. The molecule has 2 N–H and O–H groups in total. The standard InChI is InChI=1S/C18H16ClN3O4/c1-3-6-21-16(23)12-7-13(10-20-9-12)17(24)22-15-8-11(18(25)26-2)4-5-14(15)19/h3-5,7-10H,1,6H2,2H3,(H,21,23)(H,22,24). The molecule has 2 rings (SSSR count). The quantitative estimate of drug-likeness (QED) is 0.599. The predicted molar refractivity (Wildman–Crippen MR) is 97.5 cm³/mol. The Hall–Kier alpha value is -3.19. The van der Waals surface area contributed by atoms with Crippen LogP contribution in [0.15, 0.2) is 49.3 Å². The highest BCUT2D eigenvalue weighted by molar-refractivity contribution is 6.34. The number of aromatic nitrogens is 1. The molecule has 2 aromatic rings. The number of hydrogen-bond acceptors (Lipinski definition) is 5. The smallest absolute Gasteiger partial charge is 0.337 e. The predicted octanol–water partition coefficient (Wildman–Crippen LogP) is 2.69. The van der Waals surface area contributed by atoms with E-state index in [4.69, 9.17) is 11.6 Å². The number of carbonyl (C=O) groups is 3. The van der Waals surface area contributed by atoms with Gasteiger partial charge in [0.2, 0.25) is 0 Å². The summed E-state index contributed by atoms with van der Waals surface area (Å²) in [6.07, 6.45) is 4.20. The third-order valence-corrected chi connectivity index (χ3v) is 3.63. The first-order chi connectivity index (χ1) is 12.5. The second-order valence-corrected chi connectivity index (χ2v) is 5.51. The third kappa shape index (κ3) is 4.67. The van der Waals surface area contributed by atoms with Gasteiger partial charge in [-0.1, -0.05) is 17.7 Å². The van der Waals surface area contributed by atoms with Crippen LogP contribution >= 0.6 is 11.6 Å². The number of ether oxygens (including phenoxy) is 1. The molecular formula is C18H16ClN3O4. The van der Waals surface area contributed by atoms with E-state index in [1.54, 1.807) is 0 Å². The number of benzene rings is 1. The van der Waals surface area contributed by atoms with Crippen LogP contribution in [0.5, 0.6) is 0 Å². The second-order valence-electron chi connectivity index (χ2n) is 5.10. The highest BCUT2D eigenvalue weighted by Gasteiger charge is 2.14. The Morgan fingerprint density at radius 1 is 1.15 bits per heavy atom. The van der Waals surface area contributed by atoms with Crippen LogP contribution in [0.2, 0.25) is 5.02 Å². The number of halogens is 1. The van der Waals surface area contributed by atoms with Crippen LogP contribution in [0.25, 0.3) is 0 Å². The van der Waals surface area contributed by atoms with Gasteiger partial charge in [-0.3, -0.25) is 14.6 Å². The number of carbonyl (C=O) groups excluding carboxylic acids is 3. The zero-order chi connectivity index (χ0) is 19.1. The van der Waals surface area contributed by atoms with Crippen molar-refractivity contribution in [2.75, 3.05) is 19.0 Å². The monoisotopic (exact) mass is 373 g/mol. The maximum absolute atomic E-state index is 12.4. The molecule has 0 aliphatic heterocycles. The van der Waals surface area contributed by atoms with E-state index < -0.39 is 11.9 Å². The van der Waals surface area contributed by atoms with Gasteiger partial charge in [-0.25, -0.2) is 4.79 Å². The summed E-state index contributed by atoms with van der Waals surface area (Å²) < 4.78 is 4.64. The van der Waals surface area contributed by atoms with Crippen LogP contribution in [-0.2, 0) is 4.74 Å². The number of methoxy groups -OCH3 is 1. The van der Waals surface area contributed by atoms with Gasteiger partial charge in [0.15, 0.2) is 0 Å². The molecule has 1 aromatic carbocycles. The maximum atomic E-state index is 12.4. The van der Waals surface area contributed by atoms with Crippen molar-refractivity contribution >= 4 is 35.1 Å². The molecule has 0 aliphatic rings. The van der Waals surface area contributed by atoms with Crippen LogP contribution in [0.1, 0.15) is 31.1 Å². The molecule has 0 saturated heterocycles. The van der Waals surface area contributed by atoms with E-state index in [1.165, 1.54) is 49.8 Å². The minimum atomic E-state index is -0.556. The summed E-state index contributed by atoms with van der Waals surface area (Å²) in [5.41, 5.74) is 0.869. The molecule has 1 heterocycles. The first-order valence-corrected chi connectivity index (χ1v) is 7.87. The number of rotatable bonds is 6. The Labute approximate surface area is 155 Å². The molecule has 1 aromatic heterocycles. The van der Waals surface area contributed by atoms with E-state index >= 15 is 0 Å². The zero-order valence-corrected chi connectivity index (χ0v) is 14.7. The lowest BCUT2D eigenvalue weighted by Gasteiger charge is -2.09. The largest absolute Gasteiger partial charge is 0.465 e. The van der Waals surface area contributed by atoms with Crippen molar-refractivity contribution in [1.29, 1.82) is 0 Å². The molecule has 7 nitrogen and oxygen atoms in total. The van der Waals surface area contributed by atoms with Gasteiger partial charge in [-0.05, 0) is 24.3 Å². The molecule has 0 saturated carbocycles. The number of pyridine rings is 1. The van der Waals surface area contributed by atoms with Gasteiger partial charge in [0.25, 0.3) is 11.8 Å². The summed E-state index contributed by atoms with van der Waals surface area (Å²) in [7, 11) is 1.25. The fraction of sp³-hybridized carbons (Fsp3) is 0.111. The van der Waals surface area contributed by atoms with Crippen LogP contribution < -0.4 is 10.6 Å². The Kier molecular flexibility index (Phi) is 6.46. The normalized spacial score (nSPS) is 9.92. The molecule has 26 heavy (non-hydrogen) atoms. The SMILES string of the molecule is C=CCNC(=O)c1cncc(C(=O)Nc2cc(C(=O)OC)ccc2Cl)c1. The number of amides is 2. The fourth-order valence-corrected chi connectivity index (χ4v) is 2.18. The van der Waals surface area contributed by atoms with E-state index in [0.717, 1.165) is 0 Å². The lowest BCUT2D eigenvalue weighted by molar-refractivity contribution is 0.0600.